The van der Waals surface area contributed by atoms with Gasteiger partial charge in [-0.25, -0.2) is 4.79 Å². The third-order valence-electron chi connectivity index (χ3n) is 11.0. The van der Waals surface area contributed by atoms with E-state index in [1.165, 1.54) is 73.1 Å². The molecule has 4 aromatic carbocycles. The van der Waals surface area contributed by atoms with Crippen LogP contribution >= 0.6 is 0 Å². The van der Waals surface area contributed by atoms with Crippen molar-refractivity contribution in [3.63, 3.8) is 0 Å². The van der Waals surface area contributed by atoms with Gasteiger partial charge in [-0.3, -0.25) is 0 Å². The lowest BCUT2D eigenvalue weighted by Gasteiger charge is -2.33. The van der Waals surface area contributed by atoms with Crippen LogP contribution < -0.4 is 0 Å². The first-order chi connectivity index (χ1) is 26.1. The van der Waals surface area contributed by atoms with Gasteiger partial charge in [-0.1, -0.05) is 119 Å². The number of nitrogens with zero attached hydrogens (tertiary/aromatic N) is 3. The van der Waals surface area contributed by atoms with Crippen LogP contribution in [-0.4, -0.2) is 27.1 Å². The molecular formula is C47H55N3O4. The first-order valence-corrected chi connectivity index (χ1v) is 19.7. The lowest BCUT2D eigenvalue weighted by atomic mass is 9.70. The molecule has 0 atom stereocenters. The lowest BCUT2D eigenvalue weighted by Crippen LogP contribution is -2.26. The van der Waals surface area contributed by atoms with Crippen molar-refractivity contribution in [1.82, 2.24) is 4.57 Å². The molecule has 7 heteroatoms. The Balaban J connectivity index is 1.61. The summed E-state index contributed by atoms with van der Waals surface area (Å²) in [6.07, 6.45) is 11.8. The van der Waals surface area contributed by atoms with Gasteiger partial charge >= 0.3 is 5.97 Å². The Morgan fingerprint density at radius 3 is 1.93 bits per heavy atom. The second-order valence-corrected chi connectivity index (χ2v) is 15.0. The van der Waals surface area contributed by atoms with Crippen LogP contribution in [0, 0.1) is 0 Å². The van der Waals surface area contributed by atoms with E-state index in [2.05, 4.69) is 96.0 Å². The second-order valence-electron chi connectivity index (χ2n) is 15.0. The van der Waals surface area contributed by atoms with Crippen molar-refractivity contribution in [3.05, 3.63) is 113 Å². The zero-order valence-corrected chi connectivity index (χ0v) is 32.9. The minimum absolute atomic E-state index is 0.0306. The maximum atomic E-state index is 11.4. The Morgan fingerprint density at radius 2 is 1.30 bits per heavy atom. The number of oxime groups is 2. The minimum atomic E-state index is -0.448. The zero-order chi connectivity index (χ0) is 38.4. The molecule has 0 bridgehead atoms. The van der Waals surface area contributed by atoms with E-state index >= 15 is 0 Å². The Morgan fingerprint density at radius 1 is 0.685 bits per heavy atom. The van der Waals surface area contributed by atoms with Crippen molar-refractivity contribution in [1.29, 1.82) is 0 Å². The molecule has 1 N–H and O–H groups in total. The van der Waals surface area contributed by atoms with Crippen LogP contribution in [-0.2, 0) is 26.5 Å². The molecule has 0 saturated carbocycles. The van der Waals surface area contributed by atoms with Crippen LogP contribution in [0.3, 0.4) is 0 Å². The van der Waals surface area contributed by atoms with Crippen LogP contribution in [0.2, 0.25) is 0 Å². The summed E-state index contributed by atoms with van der Waals surface area (Å²) in [6, 6.07) is 26.3. The maximum Gasteiger partial charge on any atom is 0.331 e. The molecule has 1 aromatic heterocycles. The quantitative estimate of drug-likeness (QED) is 0.0340. The number of aliphatic hydroxyl groups is 1. The molecule has 1 aliphatic carbocycles. The summed E-state index contributed by atoms with van der Waals surface area (Å²) in [5.74, 6) is 0.0891. The Kier molecular flexibility index (Phi) is 12.2. The summed E-state index contributed by atoms with van der Waals surface area (Å²) in [5, 5.41) is 21.0. The molecule has 5 aromatic rings. The van der Waals surface area contributed by atoms with E-state index in [4.69, 9.17) is 9.68 Å². The van der Waals surface area contributed by atoms with Gasteiger partial charge in [0.2, 0.25) is 0 Å². The van der Waals surface area contributed by atoms with Crippen LogP contribution in [0.25, 0.3) is 38.6 Å². The molecule has 1 aliphatic rings. The SMILES string of the molecule is C=C(C)O/N=C(\C)c1ccc2c(c1)c1cc3c(cc1n2-c1ccc(/C(C)=N\OC(C)=O)cc1)C(CCCCCC)(CCCCCC)c1cc(CO)ccc1-3. The molecular weight excluding hydrogens is 671 g/mol. The van der Waals surface area contributed by atoms with Gasteiger partial charge in [0, 0.05) is 28.8 Å². The fourth-order valence-electron chi connectivity index (χ4n) is 8.26. The number of aromatic nitrogens is 1. The number of allylic oxidation sites excluding steroid dienone is 1. The minimum Gasteiger partial charge on any atom is -0.392 e. The molecule has 54 heavy (non-hydrogen) atoms. The molecule has 0 unspecified atom stereocenters. The summed E-state index contributed by atoms with van der Waals surface area (Å²) >= 11 is 0. The van der Waals surface area contributed by atoms with E-state index in [0.29, 0.717) is 11.5 Å². The van der Waals surface area contributed by atoms with Crippen molar-refractivity contribution in [2.75, 3.05) is 0 Å². The van der Waals surface area contributed by atoms with Crippen molar-refractivity contribution < 1.29 is 19.6 Å². The molecule has 282 valence electrons. The van der Waals surface area contributed by atoms with E-state index in [9.17, 15) is 9.90 Å². The van der Waals surface area contributed by atoms with Crippen molar-refractivity contribution in [3.8, 4) is 16.8 Å². The predicted octanol–water partition coefficient (Wildman–Crippen LogP) is 12.0. The van der Waals surface area contributed by atoms with E-state index in [0.717, 1.165) is 70.2 Å². The number of unbranched alkanes of at least 4 members (excludes halogenated alkanes) is 6. The molecule has 0 amide bonds. The number of carbonyl (C=O) groups is 1. The number of hydrogen-bond acceptors (Lipinski definition) is 6. The van der Waals surface area contributed by atoms with E-state index in [1.807, 2.05) is 26.0 Å². The van der Waals surface area contributed by atoms with E-state index in [-0.39, 0.29) is 12.0 Å². The predicted molar refractivity (Wildman–Crippen MR) is 223 cm³/mol. The maximum absolute atomic E-state index is 11.4. The number of carbonyl (C=O) groups excluding carboxylic acids is 1. The van der Waals surface area contributed by atoms with Gasteiger partial charge in [-0.15, -0.1) is 0 Å². The topological polar surface area (TPSA) is 85.4 Å². The molecule has 6 rings (SSSR count). The van der Waals surface area contributed by atoms with Crippen molar-refractivity contribution >= 4 is 39.2 Å². The zero-order valence-electron chi connectivity index (χ0n) is 32.9. The van der Waals surface area contributed by atoms with Gasteiger partial charge < -0.3 is 19.3 Å². The molecule has 0 aliphatic heterocycles. The lowest BCUT2D eigenvalue weighted by molar-refractivity contribution is -0.140. The Labute approximate surface area is 320 Å². The van der Waals surface area contributed by atoms with Crippen LogP contribution in [0.4, 0.5) is 0 Å². The average Bonchev–Trinajstić information content (AvgIpc) is 3.63. The first kappa shape index (κ1) is 38.7. The van der Waals surface area contributed by atoms with Crippen molar-refractivity contribution in [2.45, 2.75) is 118 Å². The molecule has 0 spiro atoms. The number of fused-ring (bicyclic) bond motifs is 6. The van der Waals surface area contributed by atoms with Gasteiger partial charge in [0.25, 0.3) is 0 Å². The largest absolute Gasteiger partial charge is 0.392 e. The second kappa shape index (κ2) is 17.0. The number of benzene rings is 4. The summed E-state index contributed by atoms with van der Waals surface area (Å²) in [4.78, 5) is 21.8. The van der Waals surface area contributed by atoms with Gasteiger partial charge in [0.05, 0.1) is 29.1 Å². The van der Waals surface area contributed by atoms with Crippen molar-refractivity contribution in [2.24, 2.45) is 10.3 Å². The molecule has 0 radical (unpaired) electrons. The highest BCUT2D eigenvalue weighted by atomic mass is 16.7. The van der Waals surface area contributed by atoms with Gasteiger partial charge in [-0.2, -0.15) is 0 Å². The normalized spacial score (nSPS) is 13.7. The van der Waals surface area contributed by atoms with Crippen LogP contribution in [0.15, 0.2) is 95.4 Å². The average molecular weight is 726 g/mol. The first-order valence-electron chi connectivity index (χ1n) is 19.7. The third kappa shape index (κ3) is 7.78. The van der Waals surface area contributed by atoms with Gasteiger partial charge in [0.15, 0.2) is 0 Å². The van der Waals surface area contributed by atoms with Gasteiger partial charge in [-0.05, 0) is 109 Å². The summed E-state index contributed by atoms with van der Waals surface area (Å²) in [7, 11) is 0. The third-order valence-corrected chi connectivity index (χ3v) is 11.0. The summed E-state index contributed by atoms with van der Waals surface area (Å²) < 4.78 is 2.37. The highest BCUT2D eigenvalue weighted by Crippen LogP contribution is 2.56. The molecule has 0 fully saturated rings. The molecule has 7 nitrogen and oxygen atoms in total. The van der Waals surface area contributed by atoms with Crippen LogP contribution in [0.1, 0.15) is 134 Å². The Hall–Kier alpha value is -5.01. The monoisotopic (exact) mass is 725 g/mol. The Bertz CT molecular complexity index is 2210. The smallest absolute Gasteiger partial charge is 0.331 e. The molecule has 0 saturated heterocycles. The number of hydrogen-bond donors (Lipinski definition) is 1. The summed E-state index contributed by atoms with van der Waals surface area (Å²) in [5.41, 5.74) is 12.7. The van der Waals surface area contributed by atoms with Gasteiger partial charge in [0.1, 0.15) is 5.76 Å². The highest BCUT2D eigenvalue weighted by molar-refractivity contribution is 6.14. The number of rotatable bonds is 17. The van der Waals surface area contributed by atoms with E-state index in [1.54, 1.807) is 6.92 Å². The van der Waals surface area contributed by atoms with E-state index < -0.39 is 5.97 Å². The molecule has 1 heterocycles. The summed E-state index contributed by atoms with van der Waals surface area (Å²) in [6.45, 7) is 15.4. The van der Waals surface area contributed by atoms with Crippen LogP contribution in [0.5, 0.6) is 0 Å². The standard InChI is InChI=1S/C47H55N3O4/c1-8-10-12-14-24-47(25-15-13-11-9-2)43-26-35(30-51)16-22-39(43)40-28-42-41-27-37(33(6)48-53-31(3)4)19-23-45(41)50(46(42)29-44(40)47)38-20-17-36(18-21-38)32(5)49-54-34(7)52/h16-23,26-29,51H,3,8-15,24-25,30H2,1-2,4-7H3/b48-33+,49-32-. The fourth-order valence-corrected chi connectivity index (χ4v) is 8.26. The fraction of sp³-hybridized carbons (Fsp3) is 0.383. The number of aliphatic hydroxyl groups excluding tert-OH is 1. The highest BCUT2D eigenvalue weighted by Gasteiger charge is 2.43.